The number of H-pyrrole nitrogens is 1. The van der Waals surface area contributed by atoms with Crippen LogP contribution in [0.15, 0.2) is 59.4 Å². The van der Waals surface area contributed by atoms with Crippen LogP contribution in [0.5, 0.6) is 5.75 Å². The minimum atomic E-state index is -4.40. The summed E-state index contributed by atoms with van der Waals surface area (Å²) in [6.07, 6.45) is -4.40. The lowest BCUT2D eigenvalue weighted by atomic mass is 10.0. The second kappa shape index (κ2) is 7.61. The smallest absolute Gasteiger partial charge is 0.416 e. The van der Waals surface area contributed by atoms with Gasteiger partial charge in [-0.05, 0) is 48.4 Å². The van der Waals surface area contributed by atoms with Crippen molar-refractivity contribution in [1.29, 1.82) is 5.26 Å². The van der Waals surface area contributed by atoms with Gasteiger partial charge in [-0.2, -0.15) is 18.4 Å². The highest BCUT2D eigenvalue weighted by Gasteiger charge is 2.30. The number of nitrogens with one attached hydrogen (secondary N) is 1. The van der Waals surface area contributed by atoms with Gasteiger partial charge >= 0.3 is 6.18 Å². The number of aryl methyl sites for hydroxylation is 1. The topological polar surface area (TPSA) is 65.9 Å². The molecule has 0 saturated carbocycles. The average Bonchev–Trinajstić information content (AvgIpc) is 2.66. The van der Waals surface area contributed by atoms with Crippen LogP contribution in [0.3, 0.4) is 0 Å². The first kappa shape index (κ1) is 19.2. The van der Waals surface area contributed by atoms with Crippen molar-refractivity contribution in [3.8, 4) is 22.9 Å². The summed E-state index contributed by atoms with van der Waals surface area (Å²) in [5.41, 5.74) is 1.04. The zero-order valence-corrected chi connectivity index (χ0v) is 14.8. The molecule has 2 aromatic carbocycles. The van der Waals surface area contributed by atoms with Gasteiger partial charge in [-0.1, -0.05) is 24.3 Å². The van der Waals surface area contributed by atoms with E-state index in [0.29, 0.717) is 28.1 Å². The molecule has 0 radical (unpaired) electrons. The maximum Gasteiger partial charge on any atom is 0.416 e. The number of aromatic nitrogens is 1. The predicted molar refractivity (Wildman–Crippen MR) is 97.7 cm³/mol. The number of nitriles is 1. The maximum absolute atomic E-state index is 12.8. The first-order valence-electron chi connectivity index (χ1n) is 8.31. The Kier molecular flexibility index (Phi) is 5.23. The molecule has 28 heavy (non-hydrogen) atoms. The van der Waals surface area contributed by atoms with E-state index in [2.05, 4.69) is 4.98 Å². The average molecular weight is 384 g/mol. The number of nitrogens with zero attached hydrogens (tertiary/aromatic N) is 1. The summed E-state index contributed by atoms with van der Waals surface area (Å²) in [5.74, 6) is 0.459. The van der Waals surface area contributed by atoms with Crippen molar-refractivity contribution >= 4 is 0 Å². The lowest BCUT2D eigenvalue weighted by Crippen LogP contribution is -2.12. The number of hydrogen-bond donors (Lipinski definition) is 1. The molecule has 0 amide bonds. The van der Waals surface area contributed by atoms with Gasteiger partial charge in [0.25, 0.3) is 5.56 Å². The van der Waals surface area contributed by atoms with Crippen LogP contribution >= 0.6 is 0 Å². The number of aromatic amines is 1. The number of rotatable bonds is 4. The van der Waals surface area contributed by atoms with E-state index >= 15 is 0 Å². The Labute approximate surface area is 158 Å². The first-order chi connectivity index (χ1) is 13.3. The number of alkyl halides is 3. The maximum atomic E-state index is 12.8. The van der Waals surface area contributed by atoms with E-state index < -0.39 is 17.3 Å². The summed E-state index contributed by atoms with van der Waals surface area (Å²) >= 11 is 0. The van der Waals surface area contributed by atoms with Crippen LogP contribution in [0.25, 0.3) is 11.1 Å². The summed E-state index contributed by atoms with van der Waals surface area (Å²) in [4.78, 5) is 14.5. The molecule has 0 unspecified atom stereocenters. The summed E-state index contributed by atoms with van der Waals surface area (Å²) in [6, 6.07) is 15.2. The second-order valence-electron chi connectivity index (χ2n) is 6.19. The van der Waals surface area contributed by atoms with Gasteiger partial charge in [0, 0.05) is 11.3 Å². The zero-order valence-electron chi connectivity index (χ0n) is 14.8. The molecule has 0 atom stereocenters. The molecule has 1 aromatic heterocycles. The first-order valence-corrected chi connectivity index (χ1v) is 8.31. The van der Waals surface area contributed by atoms with Crippen LogP contribution in [0.4, 0.5) is 13.2 Å². The molecular formula is C21H15F3N2O2. The second-order valence-corrected chi connectivity index (χ2v) is 6.19. The van der Waals surface area contributed by atoms with Gasteiger partial charge < -0.3 is 9.72 Å². The van der Waals surface area contributed by atoms with Gasteiger partial charge in [-0.3, -0.25) is 4.79 Å². The molecule has 0 bridgehead atoms. The quantitative estimate of drug-likeness (QED) is 0.701. The minimum absolute atomic E-state index is 0.0169. The summed E-state index contributed by atoms with van der Waals surface area (Å²) in [5, 5.41) is 9.22. The number of benzene rings is 2. The van der Waals surface area contributed by atoms with Gasteiger partial charge in [-0.15, -0.1) is 0 Å². The molecule has 0 spiro atoms. The third-order valence-electron chi connectivity index (χ3n) is 4.10. The van der Waals surface area contributed by atoms with Crippen molar-refractivity contribution in [1.82, 2.24) is 4.98 Å². The molecule has 1 heterocycles. The highest BCUT2D eigenvalue weighted by molar-refractivity contribution is 5.70. The predicted octanol–water partition coefficient (Wildman–Crippen LogP) is 4.82. The van der Waals surface area contributed by atoms with E-state index in [4.69, 9.17) is 4.74 Å². The van der Waals surface area contributed by atoms with E-state index in [1.807, 2.05) is 6.07 Å². The fourth-order valence-electron chi connectivity index (χ4n) is 2.76. The third kappa shape index (κ3) is 4.23. The van der Waals surface area contributed by atoms with Crippen molar-refractivity contribution in [3.63, 3.8) is 0 Å². The van der Waals surface area contributed by atoms with Gasteiger partial charge in [0.1, 0.15) is 24.0 Å². The fourth-order valence-corrected chi connectivity index (χ4v) is 2.76. The Morgan fingerprint density at radius 1 is 1.11 bits per heavy atom. The summed E-state index contributed by atoms with van der Waals surface area (Å²) in [7, 11) is 0. The van der Waals surface area contributed by atoms with E-state index in [1.165, 1.54) is 6.07 Å². The minimum Gasteiger partial charge on any atom is -0.489 e. The van der Waals surface area contributed by atoms with Gasteiger partial charge in [0.15, 0.2) is 0 Å². The van der Waals surface area contributed by atoms with Crippen molar-refractivity contribution in [2.24, 2.45) is 0 Å². The van der Waals surface area contributed by atoms with Crippen LogP contribution in [-0.2, 0) is 12.8 Å². The highest BCUT2D eigenvalue weighted by atomic mass is 19.4. The highest BCUT2D eigenvalue weighted by Crippen LogP contribution is 2.30. The molecule has 7 heteroatoms. The Morgan fingerprint density at radius 2 is 1.82 bits per heavy atom. The van der Waals surface area contributed by atoms with E-state index in [-0.39, 0.29) is 12.2 Å². The largest absolute Gasteiger partial charge is 0.489 e. The summed E-state index contributed by atoms with van der Waals surface area (Å²) in [6.45, 7) is 1.70. The third-order valence-corrected chi connectivity index (χ3v) is 4.10. The molecule has 0 aliphatic rings. The number of ether oxygens (including phenoxy) is 1. The zero-order chi connectivity index (χ0) is 20.3. The lowest BCUT2D eigenvalue weighted by molar-refractivity contribution is -0.137. The Morgan fingerprint density at radius 3 is 2.46 bits per heavy atom. The Balaban J connectivity index is 1.78. The van der Waals surface area contributed by atoms with Crippen LogP contribution in [0.1, 0.15) is 22.4 Å². The molecule has 4 nitrogen and oxygen atoms in total. The molecule has 0 fully saturated rings. The normalized spacial score (nSPS) is 11.1. The number of pyridine rings is 1. The van der Waals surface area contributed by atoms with Crippen LogP contribution < -0.4 is 10.3 Å². The SMILES string of the molecule is Cc1cc(-c2ccc(OCc3cccc(C(F)(F)F)c3)cc2)c(C#N)c(=O)[nH]1. The van der Waals surface area contributed by atoms with Crippen molar-refractivity contribution < 1.29 is 17.9 Å². The van der Waals surface area contributed by atoms with Crippen LogP contribution in [0, 0.1) is 18.3 Å². The van der Waals surface area contributed by atoms with Crippen molar-refractivity contribution in [2.45, 2.75) is 19.7 Å². The van der Waals surface area contributed by atoms with Crippen molar-refractivity contribution in [2.75, 3.05) is 0 Å². The Hall–Kier alpha value is -3.53. The van der Waals surface area contributed by atoms with Gasteiger partial charge in [0.2, 0.25) is 0 Å². The molecule has 0 saturated heterocycles. The van der Waals surface area contributed by atoms with E-state index in [9.17, 15) is 23.2 Å². The molecular weight excluding hydrogens is 369 g/mol. The van der Waals surface area contributed by atoms with Crippen molar-refractivity contribution in [3.05, 3.63) is 87.3 Å². The van der Waals surface area contributed by atoms with Crippen LogP contribution in [-0.4, -0.2) is 4.98 Å². The van der Waals surface area contributed by atoms with E-state index in [1.54, 1.807) is 43.3 Å². The summed E-state index contributed by atoms with van der Waals surface area (Å²) < 4.78 is 43.9. The lowest BCUT2D eigenvalue weighted by Gasteiger charge is -2.11. The van der Waals surface area contributed by atoms with E-state index in [0.717, 1.165) is 12.1 Å². The molecule has 0 aliphatic carbocycles. The van der Waals surface area contributed by atoms with Crippen LogP contribution in [0.2, 0.25) is 0 Å². The van der Waals surface area contributed by atoms with Gasteiger partial charge in [0.05, 0.1) is 5.56 Å². The Bertz CT molecular complexity index is 1090. The molecule has 3 aromatic rings. The number of halogens is 3. The number of hydrogen-bond acceptors (Lipinski definition) is 3. The molecule has 142 valence electrons. The van der Waals surface area contributed by atoms with Gasteiger partial charge in [-0.25, -0.2) is 0 Å². The molecule has 1 N–H and O–H groups in total. The fraction of sp³-hybridized carbons (Fsp3) is 0.143. The molecule has 3 rings (SSSR count). The monoisotopic (exact) mass is 384 g/mol. The molecule has 0 aliphatic heterocycles. The standard InChI is InChI=1S/C21H15F3N2O2/c1-13-9-18(19(11-25)20(27)26-13)15-5-7-17(8-6-15)28-12-14-3-2-4-16(10-14)21(22,23)24/h2-10H,12H2,1H3,(H,26,27).